The van der Waals surface area contributed by atoms with Crippen LogP contribution < -0.4 is 4.74 Å². The third kappa shape index (κ3) is 4.20. The normalized spacial score (nSPS) is 19.1. The molecular weight excluding hydrogens is 312 g/mol. The summed E-state index contributed by atoms with van der Waals surface area (Å²) in [5.41, 5.74) is 4.77. The maximum absolute atomic E-state index is 10.5. The first kappa shape index (κ1) is 17.9. The van der Waals surface area contributed by atoms with Gasteiger partial charge in [-0.25, -0.2) is 0 Å². The molecule has 3 rings (SSSR count). The lowest BCUT2D eigenvalue weighted by molar-refractivity contribution is 0.0634. The smallest absolute Gasteiger partial charge is 0.125 e. The fourth-order valence-corrected chi connectivity index (χ4v) is 3.66. The monoisotopic (exact) mass is 340 g/mol. The van der Waals surface area contributed by atoms with Crippen molar-refractivity contribution in [2.24, 2.45) is 0 Å². The highest BCUT2D eigenvalue weighted by Crippen LogP contribution is 2.31. The highest BCUT2D eigenvalue weighted by molar-refractivity contribution is 5.44. The van der Waals surface area contributed by atoms with E-state index in [0.717, 1.165) is 36.3 Å². The molecule has 0 spiro atoms. The SMILES string of the molecule is Cc1ccc(C)c(OCC(O)CN2CCCC2c2ccncc2)c1C. The molecule has 1 aromatic heterocycles. The minimum atomic E-state index is -0.498. The molecule has 2 aromatic rings. The molecule has 4 heteroatoms. The second-order valence-electron chi connectivity index (χ2n) is 7.05. The van der Waals surface area contributed by atoms with Crippen LogP contribution in [0.3, 0.4) is 0 Å². The zero-order valence-corrected chi connectivity index (χ0v) is 15.4. The molecule has 2 heterocycles. The van der Waals surface area contributed by atoms with Gasteiger partial charge in [-0.05, 0) is 74.5 Å². The zero-order chi connectivity index (χ0) is 17.8. The number of ether oxygens (including phenoxy) is 1. The number of aromatic nitrogens is 1. The minimum absolute atomic E-state index is 0.324. The van der Waals surface area contributed by atoms with E-state index in [-0.39, 0.29) is 0 Å². The Morgan fingerprint density at radius 2 is 1.88 bits per heavy atom. The molecule has 134 valence electrons. The molecule has 1 aliphatic rings. The number of nitrogens with zero attached hydrogens (tertiary/aromatic N) is 2. The number of pyridine rings is 1. The van der Waals surface area contributed by atoms with E-state index in [2.05, 4.69) is 48.0 Å². The molecule has 0 saturated carbocycles. The molecule has 1 saturated heterocycles. The van der Waals surface area contributed by atoms with Gasteiger partial charge in [0.05, 0.1) is 0 Å². The average Bonchev–Trinajstić information content (AvgIpc) is 3.07. The molecule has 1 N–H and O–H groups in total. The Kier molecular flexibility index (Phi) is 5.71. The van der Waals surface area contributed by atoms with E-state index in [0.29, 0.717) is 19.2 Å². The van der Waals surface area contributed by atoms with Crippen LogP contribution in [0.15, 0.2) is 36.7 Å². The lowest BCUT2D eigenvalue weighted by atomic mass is 10.1. The molecular formula is C21H28N2O2. The van der Waals surface area contributed by atoms with E-state index < -0.39 is 6.10 Å². The van der Waals surface area contributed by atoms with Crippen molar-refractivity contribution in [2.75, 3.05) is 19.7 Å². The van der Waals surface area contributed by atoms with Crippen LogP contribution in [0.5, 0.6) is 5.75 Å². The fraction of sp³-hybridized carbons (Fsp3) is 0.476. The molecule has 0 bridgehead atoms. The molecule has 0 amide bonds. The Balaban J connectivity index is 1.59. The number of aliphatic hydroxyl groups excluding tert-OH is 1. The van der Waals surface area contributed by atoms with Crippen molar-refractivity contribution in [2.45, 2.75) is 45.8 Å². The van der Waals surface area contributed by atoms with Crippen molar-refractivity contribution in [3.05, 3.63) is 58.9 Å². The van der Waals surface area contributed by atoms with Crippen molar-refractivity contribution >= 4 is 0 Å². The summed E-state index contributed by atoms with van der Waals surface area (Å²) in [4.78, 5) is 6.46. The van der Waals surface area contributed by atoms with Crippen LogP contribution in [0, 0.1) is 20.8 Å². The summed E-state index contributed by atoms with van der Waals surface area (Å²) in [6, 6.07) is 8.71. The van der Waals surface area contributed by atoms with Gasteiger partial charge in [0, 0.05) is 25.0 Å². The summed E-state index contributed by atoms with van der Waals surface area (Å²) in [5.74, 6) is 0.908. The van der Waals surface area contributed by atoms with Crippen LogP contribution in [0.4, 0.5) is 0 Å². The second kappa shape index (κ2) is 7.98. The lowest BCUT2D eigenvalue weighted by Crippen LogP contribution is -2.35. The van der Waals surface area contributed by atoms with E-state index in [1.807, 2.05) is 19.3 Å². The van der Waals surface area contributed by atoms with Crippen LogP contribution in [0.1, 0.15) is 41.1 Å². The molecule has 4 nitrogen and oxygen atoms in total. The summed E-state index contributed by atoms with van der Waals surface area (Å²) in [6.45, 7) is 8.19. The van der Waals surface area contributed by atoms with Gasteiger partial charge in [0.2, 0.25) is 0 Å². The lowest BCUT2D eigenvalue weighted by Gasteiger charge is -2.27. The molecule has 2 atom stereocenters. The van der Waals surface area contributed by atoms with E-state index in [1.165, 1.54) is 11.1 Å². The molecule has 25 heavy (non-hydrogen) atoms. The largest absolute Gasteiger partial charge is 0.490 e. The van der Waals surface area contributed by atoms with Gasteiger partial charge in [0.1, 0.15) is 18.5 Å². The van der Waals surface area contributed by atoms with Gasteiger partial charge in [-0.3, -0.25) is 9.88 Å². The van der Waals surface area contributed by atoms with Crippen LogP contribution in [0.25, 0.3) is 0 Å². The first-order valence-corrected chi connectivity index (χ1v) is 9.08. The van der Waals surface area contributed by atoms with Gasteiger partial charge in [-0.2, -0.15) is 0 Å². The topological polar surface area (TPSA) is 45.6 Å². The van der Waals surface area contributed by atoms with Crippen molar-refractivity contribution in [1.29, 1.82) is 0 Å². The molecule has 2 unspecified atom stereocenters. The molecule has 0 aliphatic carbocycles. The number of β-amino-alcohol motifs (C(OH)–C–C–N with tert-alkyl or cyclic N) is 1. The van der Waals surface area contributed by atoms with Crippen LogP contribution in [-0.2, 0) is 0 Å². The standard InChI is InChI=1S/C21H28N2O2/c1-15-6-7-16(2)21(17(15)3)25-14-19(24)13-23-12-4-5-20(23)18-8-10-22-11-9-18/h6-11,19-20,24H,4-5,12-14H2,1-3H3. The summed E-state index contributed by atoms with van der Waals surface area (Å²) in [6.07, 6.45) is 5.48. The summed E-state index contributed by atoms with van der Waals surface area (Å²) < 4.78 is 5.97. The Hall–Kier alpha value is -1.91. The fourth-order valence-electron chi connectivity index (χ4n) is 3.66. The Bertz CT molecular complexity index is 703. The van der Waals surface area contributed by atoms with Gasteiger partial charge < -0.3 is 9.84 Å². The Morgan fingerprint density at radius 3 is 2.64 bits per heavy atom. The second-order valence-corrected chi connectivity index (χ2v) is 7.05. The predicted molar refractivity (Wildman–Crippen MR) is 99.9 cm³/mol. The van der Waals surface area contributed by atoms with Gasteiger partial charge >= 0.3 is 0 Å². The highest BCUT2D eigenvalue weighted by Gasteiger charge is 2.27. The van der Waals surface area contributed by atoms with Crippen molar-refractivity contribution in [3.63, 3.8) is 0 Å². The van der Waals surface area contributed by atoms with E-state index in [4.69, 9.17) is 4.74 Å². The minimum Gasteiger partial charge on any atom is -0.490 e. The molecule has 1 aromatic carbocycles. The van der Waals surface area contributed by atoms with E-state index in [1.54, 1.807) is 0 Å². The predicted octanol–water partition coefficient (Wildman–Crippen LogP) is 3.58. The van der Waals surface area contributed by atoms with Gasteiger partial charge in [-0.15, -0.1) is 0 Å². The van der Waals surface area contributed by atoms with Crippen molar-refractivity contribution < 1.29 is 9.84 Å². The quantitative estimate of drug-likeness (QED) is 0.873. The average molecular weight is 340 g/mol. The number of aryl methyl sites for hydroxylation is 2. The maximum atomic E-state index is 10.5. The Morgan fingerprint density at radius 1 is 1.16 bits per heavy atom. The molecule has 1 fully saturated rings. The van der Waals surface area contributed by atoms with E-state index in [9.17, 15) is 5.11 Å². The Labute approximate surface area is 150 Å². The van der Waals surface area contributed by atoms with Crippen LogP contribution in [0.2, 0.25) is 0 Å². The van der Waals surface area contributed by atoms with Crippen LogP contribution in [-0.4, -0.2) is 40.8 Å². The number of hydrogen-bond acceptors (Lipinski definition) is 4. The zero-order valence-electron chi connectivity index (χ0n) is 15.4. The van der Waals surface area contributed by atoms with Crippen molar-refractivity contribution in [3.8, 4) is 5.75 Å². The van der Waals surface area contributed by atoms with Crippen molar-refractivity contribution in [1.82, 2.24) is 9.88 Å². The molecule has 0 radical (unpaired) electrons. The highest BCUT2D eigenvalue weighted by atomic mass is 16.5. The third-order valence-electron chi connectivity index (χ3n) is 5.19. The number of rotatable bonds is 6. The van der Waals surface area contributed by atoms with Gasteiger partial charge in [0.25, 0.3) is 0 Å². The first-order chi connectivity index (χ1) is 12.1. The number of hydrogen-bond donors (Lipinski definition) is 1. The van der Waals surface area contributed by atoms with Gasteiger partial charge in [0.15, 0.2) is 0 Å². The third-order valence-corrected chi connectivity index (χ3v) is 5.19. The number of aliphatic hydroxyl groups is 1. The van der Waals surface area contributed by atoms with Gasteiger partial charge in [-0.1, -0.05) is 12.1 Å². The molecule has 1 aliphatic heterocycles. The van der Waals surface area contributed by atoms with E-state index >= 15 is 0 Å². The first-order valence-electron chi connectivity index (χ1n) is 9.08. The summed E-state index contributed by atoms with van der Waals surface area (Å²) in [7, 11) is 0. The summed E-state index contributed by atoms with van der Waals surface area (Å²) in [5, 5.41) is 10.5. The summed E-state index contributed by atoms with van der Waals surface area (Å²) >= 11 is 0. The van der Waals surface area contributed by atoms with Crippen LogP contribution >= 0.6 is 0 Å². The number of likely N-dealkylation sites (tertiary alicyclic amines) is 1. The number of benzene rings is 1. The maximum Gasteiger partial charge on any atom is 0.125 e.